The van der Waals surface area contributed by atoms with Crippen LogP contribution in [0.2, 0.25) is 0 Å². The lowest BCUT2D eigenvalue weighted by atomic mass is 10.1. The van der Waals surface area contributed by atoms with E-state index in [1.807, 2.05) is 4.90 Å². The molecule has 0 spiro atoms. The van der Waals surface area contributed by atoms with Crippen molar-refractivity contribution in [2.75, 3.05) is 46.1 Å². The zero-order chi connectivity index (χ0) is 14.7. The first kappa shape index (κ1) is 14.2. The van der Waals surface area contributed by atoms with E-state index in [-0.39, 0.29) is 19.3 Å². The molecule has 2 heterocycles. The molecule has 1 aromatic rings. The highest BCUT2D eigenvalue weighted by atomic mass is 16.7. The summed E-state index contributed by atoms with van der Waals surface area (Å²) in [7, 11) is 0. The van der Waals surface area contributed by atoms with E-state index in [0.717, 1.165) is 39.1 Å². The van der Waals surface area contributed by atoms with Crippen LogP contribution in [0.3, 0.4) is 0 Å². The molecule has 114 valence electrons. The molecule has 0 bridgehead atoms. The molecule has 1 fully saturated rings. The number of aliphatic hydroxyl groups excluding tert-OH is 1. The van der Waals surface area contributed by atoms with Gasteiger partial charge in [0, 0.05) is 44.9 Å². The van der Waals surface area contributed by atoms with E-state index in [4.69, 9.17) is 14.6 Å². The Bertz CT molecular complexity index is 512. The van der Waals surface area contributed by atoms with Crippen LogP contribution in [0.4, 0.5) is 0 Å². The molecule has 1 amide bonds. The molecule has 0 saturated carbocycles. The van der Waals surface area contributed by atoms with Gasteiger partial charge in [0.2, 0.25) is 6.79 Å². The third-order valence-electron chi connectivity index (χ3n) is 3.91. The molecule has 6 heteroatoms. The van der Waals surface area contributed by atoms with Gasteiger partial charge in [-0.15, -0.1) is 0 Å². The number of rotatable bonds is 4. The van der Waals surface area contributed by atoms with Crippen LogP contribution in [-0.2, 0) is 0 Å². The van der Waals surface area contributed by atoms with Crippen LogP contribution in [0.25, 0.3) is 0 Å². The minimum Gasteiger partial charge on any atom is -0.454 e. The van der Waals surface area contributed by atoms with E-state index in [9.17, 15) is 4.79 Å². The Balaban J connectivity index is 1.59. The van der Waals surface area contributed by atoms with Gasteiger partial charge in [-0.1, -0.05) is 0 Å². The van der Waals surface area contributed by atoms with E-state index < -0.39 is 0 Å². The van der Waals surface area contributed by atoms with Crippen LogP contribution >= 0.6 is 0 Å². The zero-order valence-corrected chi connectivity index (χ0v) is 12.0. The van der Waals surface area contributed by atoms with Crippen LogP contribution in [0.1, 0.15) is 16.8 Å². The first-order valence-corrected chi connectivity index (χ1v) is 7.30. The summed E-state index contributed by atoms with van der Waals surface area (Å²) in [6.07, 6.45) is 0.788. The van der Waals surface area contributed by atoms with Crippen LogP contribution in [0, 0.1) is 0 Å². The van der Waals surface area contributed by atoms with Crippen molar-refractivity contribution in [1.82, 2.24) is 9.80 Å². The molecule has 0 aliphatic carbocycles. The Labute approximate surface area is 123 Å². The molecule has 0 radical (unpaired) electrons. The smallest absolute Gasteiger partial charge is 0.254 e. The Morgan fingerprint density at radius 3 is 2.67 bits per heavy atom. The minimum absolute atomic E-state index is 0.0371. The summed E-state index contributed by atoms with van der Waals surface area (Å²) >= 11 is 0. The summed E-state index contributed by atoms with van der Waals surface area (Å²) in [6.45, 7) is 4.49. The van der Waals surface area contributed by atoms with E-state index in [1.54, 1.807) is 18.2 Å². The molecule has 0 atom stereocenters. The minimum atomic E-state index is 0.0371. The summed E-state index contributed by atoms with van der Waals surface area (Å²) in [5, 5.41) is 8.85. The number of aliphatic hydroxyl groups is 1. The van der Waals surface area contributed by atoms with Crippen molar-refractivity contribution in [3.8, 4) is 11.5 Å². The second kappa shape index (κ2) is 6.32. The monoisotopic (exact) mass is 292 g/mol. The predicted molar refractivity (Wildman–Crippen MR) is 76.6 cm³/mol. The molecule has 0 aromatic heterocycles. The van der Waals surface area contributed by atoms with Gasteiger partial charge in [-0.05, 0) is 24.6 Å². The van der Waals surface area contributed by atoms with Crippen molar-refractivity contribution in [2.45, 2.75) is 6.42 Å². The summed E-state index contributed by atoms with van der Waals surface area (Å²) in [5.41, 5.74) is 0.642. The average Bonchev–Trinajstić information content (AvgIpc) is 3.00. The molecule has 2 aliphatic rings. The Morgan fingerprint density at radius 1 is 1.14 bits per heavy atom. The van der Waals surface area contributed by atoms with Crippen molar-refractivity contribution in [2.24, 2.45) is 0 Å². The first-order chi connectivity index (χ1) is 10.3. The quantitative estimate of drug-likeness (QED) is 0.878. The van der Waals surface area contributed by atoms with Crippen LogP contribution in [0.15, 0.2) is 18.2 Å². The Morgan fingerprint density at radius 2 is 1.90 bits per heavy atom. The third kappa shape index (κ3) is 3.11. The molecular formula is C15H20N2O4. The largest absolute Gasteiger partial charge is 0.454 e. The molecule has 3 rings (SSSR count). The van der Waals surface area contributed by atoms with E-state index in [0.29, 0.717) is 17.1 Å². The summed E-state index contributed by atoms with van der Waals surface area (Å²) < 4.78 is 10.6. The number of hydrogen-bond donors (Lipinski definition) is 1. The maximum atomic E-state index is 12.5. The molecule has 6 nitrogen and oxygen atoms in total. The highest BCUT2D eigenvalue weighted by molar-refractivity contribution is 5.95. The van der Waals surface area contributed by atoms with Gasteiger partial charge in [-0.25, -0.2) is 0 Å². The normalized spacial score (nSPS) is 18.0. The van der Waals surface area contributed by atoms with Gasteiger partial charge < -0.3 is 19.5 Å². The summed E-state index contributed by atoms with van der Waals surface area (Å²) in [4.78, 5) is 16.6. The van der Waals surface area contributed by atoms with Crippen molar-refractivity contribution in [1.29, 1.82) is 0 Å². The molecule has 1 aromatic carbocycles. The van der Waals surface area contributed by atoms with Gasteiger partial charge in [0.25, 0.3) is 5.91 Å². The van der Waals surface area contributed by atoms with Gasteiger partial charge in [0.15, 0.2) is 11.5 Å². The highest BCUT2D eigenvalue weighted by Crippen LogP contribution is 2.32. The lowest BCUT2D eigenvalue weighted by molar-refractivity contribution is 0.0628. The van der Waals surface area contributed by atoms with Crippen LogP contribution in [0.5, 0.6) is 11.5 Å². The number of amides is 1. The standard InChI is InChI=1S/C15H20N2O4/c18-9-1-4-16-5-7-17(8-6-16)15(19)12-2-3-13-14(10-12)21-11-20-13/h2-3,10,18H,1,4-9,11H2. The van der Waals surface area contributed by atoms with Crippen LogP contribution in [-0.4, -0.2) is 66.9 Å². The van der Waals surface area contributed by atoms with E-state index >= 15 is 0 Å². The maximum absolute atomic E-state index is 12.5. The number of fused-ring (bicyclic) bond motifs is 1. The second-order valence-electron chi connectivity index (χ2n) is 5.28. The fraction of sp³-hybridized carbons (Fsp3) is 0.533. The maximum Gasteiger partial charge on any atom is 0.254 e. The van der Waals surface area contributed by atoms with Crippen molar-refractivity contribution < 1.29 is 19.4 Å². The molecular weight excluding hydrogens is 272 g/mol. The number of hydrogen-bond acceptors (Lipinski definition) is 5. The first-order valence-electron chi connectivity index (χ1n) is 7.30. The van der Waals surface area contributed by atoms with E-state index in [2.05, 4.69) is 4.90 Å². The number of carbonyl (C=O) groups is 1. The zero-order valence-electron chi connectivity index (χ0n) is 12.0. The molecule has 21 heavy (non-hydrogen) atoms. The highest BCUT2D eigenvalue weighted by Gasteiger charge is 2.23. The van der Waals surface area contributed by atoms with Crippen molar-refractivity contribution in [3.63, 3.8) is 0 Å². The Hall–Kier alpha value is -1.79. The second-order valence-corrected chi connectivity index (χ2v) is 5.28. The van der Waals surface area contributed by atoms with Gasteiger partial charge in [-0.2, -0.15) is 0 Å². The summed E-state index contributed by atoms with van der Waals surface area (Å²) in [5.74, 6) is 1.37. The predicted octanol–water partition coefficient (Wildman–Crippen LogP) is 0.555. The fourth-order valence-electron chi connectivity index (χ4n) is 2.68. The topological polar surface area (TPSA) is 62.2 Å². The number of carbonyl (C=O) groups excluding carboxylic acids is 1. The van der Waals surface area contributed by atoms with Crippen LogP contribution < -0.4 is 9.47 Å². The Kier molecular flexibility index (Phi) is 4.26. The van der Waals surface area contributed by atoms with Gasteiger partial charge in [-0.3, -0.25) is 9.69 Å². The van der Waals surface area contributed by atoms with Gasteiger partial charge in [0.05, 0.1) is 0 Å². The number of benzene rings is 1. The molecule has 2 aliphatic heterocycles. The van der Waals surface area contributed by atoms with Gasteiger partial charge >= 0.3 is 0 Å². The van der Waals surface area contributed by atoms with E-state index in [1.165, 1.54) is 0 Å². The summed E-state index contributed by atoms with van der Waals surface area (Å²) in [6, 6.07) is 5.32. The number of nitrogens with zero attached hydrogens (tertiary/aromatic N) is 2. The SMILES string of the molecule is O=C(c1ccc2c(c1)OCO2)N1CCN(CCCO)CC1. The lowest BCUT2D eigenvalue weighted by Gasteiger charge is -2.34. The fourth-order valence-corrected chi connectivity index (χ4v) is 2.68. The van der Waals surface area contributed by atoms with Crippen molar-refractivity contribution >= 4 is 5.91 Å². The lowest BCUT2D eigenvalue weighted by Crippen LogP contribution is -2.48. The molecule has 1 N–H and O–H groups in total. The number of piperazine rings is 1. The number of ether oxygens (including phenoxy) is 2. The van der Waals surface area contributed by atoms with Crippen molar-refractivity contribution in [3.05, 3.63) is 23.8 Å². The third-order valence-corrected chi connectivity index (χ3v) is 3.91. The molecule has 0 unspecified atom stereocenters. The van der Waals surface area contributed by atoms with Gasteiger partial charge in [0.1, 0.15) is 0 Å². The average molecular weight is 292 g/mol. The molecule has 1 saturated heterocycles.